The molecule has 0 aliphatic carbocycles. The van der Waals surface area contributed by atoms with E-state index in [1.54, 1.807) is 36.4 Å². The van der Waals surface area contributed by atoms with Crippen LogP contribution < -0.4 is 15.8 Å². The number of phenolic OH excluding ortho intramolecular Hbond substituents is 1. The first kappa shape index (κ1) is 22.2. The van der Waals surface area contributed by atoms with E-state index in [1.807, 2.05) is 6.07 Å². The van der Waals surface area contributed by atoms with E-state index >= 15 is 0 Å². The van der Waals surface area contributed by atoms with Gasteiger partial charge in [0, 0.05) is 22.2 Å². The molecule has 0 spiro atoms. The number of nitrogens with two attached hydrogens (primary N) is 1. The number of pyridine rings is 1. The summed E-state index contributed by atoms with van der Waals surface area (Å²) in [6.07, 6.45) is 1.95. The lowest BCUT2D eigenvalue weighted by Gasteiger charge is -2.25. The molecule has 6 nitrogen and oxygen atoms in total. The summed E-state index contributed by atoms with van der Waals surface area (Å²) in [5.74, 6) is 0.677. The maximum Gasteiger partial charge on any atom is 0.142 e. The maximum absolute atomic E-state index is 10.7. The zero-order valence-electron chi connectivity index (χ0n) is 17.2. The Balaban J connectivity index is 1.75. The molecule has 1 aliphatic rings. The van der Waals surface area contributed by atoms with Crippen LogP contribution in [0, 0.1) is 11.3 Å². The first-order chi connectivity index (χ1) is 15.5. The monoisotopic (exact) mass is 468 g/mol. The Bertz CT molecular complexity index is 1170. The van der Waals surface area contributed by atoms with Crippen LogP contribution in [0.2, 0.25) is 10.0 Å². The highest BCUT2D eigenvalue weighted by Gasteiger charge is 2.24. The van der Waals surface area contributed by atoms with Crippen molar-refractivity contribution in [3.05, 3.63) is 69.2 Å². The topological polar surface area (TPSA) is 104 Å². The molecule has 1 aliphatic heterocycles. The van der Waals surface area contributed by atoms with Crippen LogP contribution in [0.1, 0.15) is 35.4 Å². The molecule has 1 saturated heterocycles. The molecule has 4 rings (SSSR count). The highest BCUT2D eigenvalue weighted by Crippen LogP contribution is 2.40. The van der Waals surface area contributed by atoms with Crippen LogP contribution in [-0.4, -0.2) is 23.2 Å². The first-order valence-electron chi connectivity index (χ1n) is 10.3. The van der Waals surface area contributed by atoms with Crippen molar-refractivity contribution in [3.8, 4) is 28.8 Å². The summed E-state index contributed by atoms with van der Waals surface area (Å²) in [7, 11) is 0. The van der Waals surface area contributed by atoms with E-state index < -0.39 is 0 Å². The van der Waals surface area contributed by atoms with Crippen LogP contribution in [-0.2, 0) is 6.61 Å². The van der Waals surface area contributed by atoms with Crippen LogP contribution in [0.15, 0.2) is 42.5 Å². The van der Waals surface area contributed by atoms with Gasteiger partial charge in [-0.25, -0.2) is 4.98 Å². The van der Waals surface area contributed by atoms with Crippen molar-refractivity contribution >= 4 is 29.0 Å². The second kappa shape index (κ2) is 9.66. The maximum atomic E-state index is 10.7. The minimum atomic E-state index is -0.00270. The number of halogens is 2. The van der Waals surface area contributed by atoms with Crippen LogP contribution in [0.4, 0.5) is 5.82 Å². The number of rotatable bonds is 5. The van der Waals surface area contributed by atoms with Crippen molar-refractivity contribution in [3.63, 3.8) is 0 Å². The van der Waals surface area contributed by atoms with Gasteiger partial charge in [0.1, 0.15) is 30.0 Å². The van der Waals surface area contributed by atoms with Gasteiger partial charge in [-0.3, -0.25) is 0 Å². The predicted molar refractivity (Wildman–Crippen MR) is 126 cm³/mol. The summed E-state index contributed by atoms with van der Waals surface area (Å²) < 4.78 is 6.01. The average molecular weight is 469 g/mol. The van der Waals surface area contributed by atoms with E-state index in [1.165, 1.54) is 0 Å². The van der Waals surface area contributed by atoms with Gasteiger partial charge in [-0.1, -0.05) is 35.3 Å². The Morgan fingerprint density at radius 2 is 1.97 bits per heavy atom. The SMILES string of the molecule is N#Cc1c(C2CCCNC2)cc(-c2c(O)cccc2OCc2c(Cl)cccc2Cl)nc1N. The predicted octanol–water partition coefficient (Wildman–Crippen LogP) is 5.26. The molecule has 0 amide bonds. The van der Waals surface area contributed by atoms with Gasteiger partial charge >= 0.3 is 0 Å². The molecular weight excluding hydrogens is 447 g/mol. The fourth-order valence-electron chi connectivity index (χ4n) is 3.99. The van der Waals surface area contributed by atoms with Crippen LogP contribution in [0.25, 0.3) is 11.3 Å². The van der Waals surface area contributed by atoms with E-state index in [4.69, 9.17) is 33.7 Å². The molecule has 1 atom stereocenters. The Hall–Kier alpha value is -2.98. The smallest absolute Gasteiger partial charge is 0.142 e. The minimum absolute atomic E-state index is 0.00270. The van der Waals surface area contributed by atoms with E-state index in [2.05, 4.69) is 16.4 Å². The minimum Gasteiger partial charge on any atom is -0.507 e. The number of anilines is 1. The normalized spacial score (nSPS) is 15.8. The highest BCUT2D eigenvalue weighted by molar-refractivity contribution is 6.35. The first-order valence-corrected chi connectivity index (χ1v) is 11.0. The number of aromatic hydroxyl groups is 1. The van der Waals surface area contributed by atoms with Crippen molar-refractivity contribution in [1.82, 2.24) is 10.3 Å². The number of nitrogens with one attached hydrogen (secondary N) is 1. The summed E-state index contributed by atoms with van der Waals surface area (Å²) >= 11 is 12.5. The summed E-state index contributed by atoms with van der Waals surface area (Å²) in [4.78, 5) is 4.42. The molecule has 1 unspecified atom stereocenters. The molecule has 32 heavy (non-hydrogen) atoms. The van der Waals surface area contributed by atoms with Gasteiger partial charge in [-0.2, -0.15) is 5.26 Å². The lowest BCUT2D eigenvalue weighted by Crippen LogP contribution is -2.29. The summed E-state index contributed by atoms with van der Waals surface area (Å²) in [5, 5.41) is 24.7. The number of hydrogen-bond donors (Lipinski definition) is 3. The third-order valence-corrected chi connectivity index (χ3v) is 6.33. The fourth-order valence-corrected chi connectivity index (χ4v) is 4.50. The third-order valence-electron chi connectivity index (χ3n) is 5.62. The molecule has 0 saturated carbocycles. The van der Waals surface area contributed by atoms with Gasteiger partial charge in [-0.15, -0.1) is 0 Å². The Labute approximate surface area is 196 Å². The number of benzene rings is 2. The molecular formula is C24H22Cl2N4O2. The van der Waals surface area contributed by atoms with Crippen LogP contribution in [0.3, 0.4) is 0 Å². The Morgan fingerprint density at radius 3 is 2.66 bits per heavy atom. The molecule has 2 aromatic carbocycles. The van der Waals surface area contributed by atoms with Gasteiger partial charge in [0.15, 0.2) is 0 Å². The molecule has 8 heteroatoms. The van der Waals surface area contributed by atoms with Crippen molar-refractivity contribution in [2.24, 2.45) is 0 Å². The largest absolute Gasteiger partial charge is 0.507 e. The van der Waals surface area contributed by atoms with Crippen molar-refractivity contribution in [1.29, 1.82) is 5.26 Å². The molecule has 1 aromatic heterocycles. The molecule has 3 aromatic rings. The van der Waals surface area contributed by atoms with Crippen LogP contribution >= 0.6 is 23.2 Å². The second-order valence-corrected chi connectivity index (χ2v) is 8.47. The van der Waals surface area contributed by atoms with Crippen molar-refractivity contribution in [2.75, 3.05) is 18.8 Å². The Kier molecular flexibility index (Phi) is 6.71. The van der Waals surface area contributed by atoms with Gasteiger partial charge < -0.3 is 20.9 Å². The molecule has 1 fully saturated rings. The zero-order chi connectivity index (χ0) is 22.7. The third kappa shape index (κ3) is 4.46. The van der Waals surface area contributed by atoms with Crippen molar-refractivity contribution < 1.29 is 9.84 Å². The van der Waals surface area contributed by atoms with Crippen molar-refractivity contribution in [2.45, 2.75) is 25.4 Å². The number of aromatic nitrogens is 1. The summed E-state index contributed by atoms with van der Waals surface area (Å²) in [6, 6.07) is 14.2. The quantitative estimate of drug-likeness (QED) is 0.471. The number of phenols is 1. The van der Waals surface area contributed by atoms with Gasteiger partial charge in [0.2, 0.25) is 0 Å². The molecule has 2 heterocycles. The number of piperidine rings is 1. The standard InChI is InChI=1S/C24H22Cl2N4O2/c25-18-5-1-6-19(26)17(18)13-32-22-8-2-7-21(31)23(22)20-10-15(14-4-3-9-29-12-14)16(11-27)24(28)30-20/h1-2,5-8,10,14,29,31H,3-4,9,12-13H2,(H2,28,30). The average Bonchev–Trinajstić information content (AvgIpc) is 2.79. The lowest BCUT2D eigenvalue weighted by atomic mass is 9.88. The van der Waals surface area contributed by atoms with E-state index in [0.717, 1.165) is 31.5 Å². The molecule has 0 bridgehead atoms. The molecule has 164 valence electrons. The molecule has 0 radical (unpaired) electrons. The number of nitriles is 1. The highest BCUT2D eigenvalue weighted by atomic mass is 35.5. The lowest BCUT2D eigenvalue weighted by molar-refractivity contribution is 0.306. The summed E-state index contributed by atoms with van der Waals surface area (Å²) in [6.45, 7) is 1.82. The van der Waals surface area contributed by atoms with Gasteiger partial charge in [0.05, 0.1) is 16.8 Å². The number of nitrogen functional groups attached to an aromatic ring is 1. The zero-order valence-corrected chi connectivity index (χ0v) is 18.7. The van der Waals surface area contributed by atoms with Crippen LogP contribution in [0.5, 0.6) is 11.5 Å². The van der Waals surface area contributed by atoms with E-state index in [-0.39, 0.29) is 24.1 Å². The summed E-state index contributed by atoms with van der Waals surface area (Å²) in [5.41, 5.74) is 8.86. The van der Waals surface area contributed by atoms with E-state index in [0.29, 0.717) is 38.2 Å². The number of hydrogen-bond acceptors (Lipinski definition) is 6. The fraction of sp³-hybridized carbons (Fsp3) is 0.250. The van der Waals surface area contributed by atoms with E-state index in [9.17, 15) is 10.4 Å². The number of ether oxygens (including phenoxy) is 1. The van der Waals surface area contributed by atoms with Gasteiger partial charge in [0.25, 0.3) is 0 Å². The molecule has 4 N–H and O–H groups in total. The van der Waals surface area contributed by atoms with Gasteiger partial charge in [-0.05, 0) is 61.2 Å². The number of nitrogens with zero attached hydrogens (tertiary/aromatic N) is 2. The Morgan fingerprint density at radius 1 is 1.22 bits per heavy atom. The second-order valence-electron chi connectivity index (χ2n) is 7.65.